The fraction of sp³-hybridized carbons (Fsp3) is 0.385. The van der Waals surface area contributed by atoms with Gasteiger partial charge in [0.05, 0.1) is 16.6 Å². The number of aromatic nitrogens is 3. The quantitative estimate of drug-likeness (QED) is 0.879. The number of benzene rings is 1. The molecule has 1 aliphatic rings. The van der Waals surface area contributed by atoms with Gasteiger partial charge in [0.1, 0.15) is 5.82 Å². The van der Waals surface area contributed by atoms with Gasteiger partial charge in [-0.3, -0.25) is 0 Å². The predicted octanol–water partition coefficient (Wildman–Crippen LogP) is 3.67. The number of fused-ring (bicyclic) bond motifs is 1. The lowest BCUT2D eigenvalue weighted by atomic mass is 10.2. The molecular formula is C13H13Cl2FN4. The molecule has 1 aromatic carbocycles. The van der Waals surface area contributed by atoms with E-state index in [1.54, 1.807) is 0 Å². The molecule has 3 rings (SSSR count). The van der Waals surface area contributed by atoms with E-state index in [2.05, 4.69) is 20.1 Å². The number of nitrogens with zero attached hydrogens (tertiary/aromatic N) is 3. The van der Waals surface area contributed by atoms with Gasteiger partial charge in [0.2, 0.25) is 0 Å². The first-order valence-electron chi connectivity index (χ1n) is 6.44. The normalized spacial score (nSPS) is 14.2. The highest BCUT2D eigenvalue weighted by Gasteiger charge is 2.15. The second-order valence-electron chi connectivity index (χ2n) is 4.75. The van der Waals surface area contributed by atoms with Crippen LogP contribution in [0, 0.1) is 5.82 Å². The molecule has 0 spiro atoms. The Bertz CT molecular complexity index is 618. The molecule has 1 N–H and O–H groups in total. The Balaban J connectivity index is 1.75. The second-order valence-corrected chi connectivity index (χ2v) is 5.56. The Morgan fingerprint density at radius 3 is 2.70 bits per heavy atom. The Kier molecular flexibility index (Phi) is 3.81. The molecule has 4 nitrogen and oxygen atoms in total. The molecule has 0 saturated carbocycles. The van der Waals surface area contributed by atoms with Crippen LogP contribution in [0.15, 0.2) is 12.1 Å². The van der Waals surface area contributed by atoms with Crippen molar-refractivity contribution in [3.63, 3.8) is 0 Å². The van der Waals surface area contributed by atoms with Crippen LogP contribution in [-0.4, -0.2) is 14.8 Å². The Labute approximate surface area is 125 Å². The fourth-order valence-electron chi connectivity index (χ4n) is 2.34. The van der Waals surface area contributed by atoms with E-state index in [0.29, 0.717) is 12.2 Å². The molecule has 0 fully saturated rings. The molecule has 1 aromatic heterocycles. The Morgan fingerprint density at radius 1 is 1.20 bits per heavy atom. The molecule has 0 radical (unpaired) electrons. The molecule has 0 atom stereocenters. The van der Waals surface area contributed by atoms with Crippen LogP contribution >= 0.6 is 23.2 Å². The molecule has 1 aliphatic heterocycles. The monoisotopic (exact) mass is 314 g/mol. The summed E-state index contributed by atoms with van der Waals surface area (Å²) in [6.45, 7) is 1.45. The zero-order valence-electron chi connectivity index (χ0n) is 10.7. The van der Waals surface area contributed by atoms with E-state index in [4.69, 9.17) is 23.2 Å². The molecule has 0 aliphatic carbocycles. The number of hydrogen-bond acceptors (Lipinski definition) is 3. The molecule has 0 amide bonds. The molecule has 0 unspecified atom stereocenters. The minimum Gasteiger partial charge on any atom is -0.378 e. The fourth-order valence-corrected chi connectivity index (χ4v) is 2.83. The van der Waals surface area contributed by atoms with Crippen LogP contribution in [0.3, 0.4) is 0 Å². The lowest BCUT2D eigenvalue weighted by molar-refractivity contribution is 0.510. The third-order valence-corrected chi connectivity index (χ3v) is 3.92. The van der Waals surface area contributed by atoms with Crippen molar-refractivity contribution in [2.75, 3.05) is 5.32 Å². The van der Waals surface area contributed by atoms with Gasteiger partial charge in [-0.2, -0.15) is 0 Å². The lowest BCUT2D eigenvalue weighted by Gasteiger charge is -2.15. The standard InChI is InChI=1S/C13H13Cl2FN4/c14-9-5-8(6-10(15)13(9)16)17-7-12-19-18-11-3-1-2-4-20(11)12/h5-6,17H,1-4,7H2. The van der Waals surface area contributed by atoms with Gasteiger partial charge in [0.25, 0.3) is 0 Å². The highest BCUT2D eigenvalue weighted by Crippen LogP contribution is 2.27. The van der Waals surface area contributed by atoms with Crippen molar-refractivity contribution in [2.45, 2.75) is 32.4 Å². The maximum Gasteiger partial charge on any atom is 0.160 e. The number of halogens is 3. The summed E-state index contributed by atoms with van der Waals surface area (Å²) in [7, 11) is 0. The van der Waals surface area contributed by atoms with Crippen LogP contribution in [0.1, 0.15) is 24.5 Å². The molecule has 2 heterocycles. The van der Waals surface area contributed by atoms with Gasteiger partial charge < -0.3 is 9.88 Å². The van der Waals surface area contributed by atoms with E-state index < -0.39 is 5.82 Å². The summed E-state index contributed by atoms with van der Waals surface area (Å²) >= 11 is 11.5. The van der Waals surface area contributed by atoms with Crippen LogP contribution in [0.25, 0.3) is 0 Å². The van der Waals surface area contributed by atoms with Crippen molar-refractivity contribution in [3.8, 4) is 0 Å². The van der Waals surface area contributed by atoms with Crippen LogP contribution in [0.2, 0.25) is 10.0 Å². The van der Waals surface area contributed by atoms with Crippen molar-refractivity contribution >= 4 is 28.9 Å². The van der Waals surface area contributed by atoms with E-state index in [0.717, 1.165) is 37.5 Å². The first kappa shape index (κ1) is 13.6. The largest absolute Gasteiger partial charge is 0.378 e. The predicted molar refractivity (Wildman–Crippen MR) is 76.7 cm³/mol. The maximum absolute atomic E-state index is 13.3. The zero-order valence-corrected chi connectivity index (χ0v) is 12.2. The number of nitrogens with one attached hydrogen (secondary N) is 1. The highest BCUT2D eigenvalue weighted by atomic mass is 35.5. The van der Waals surface area contributed by atoms with Gasteiger partial charge in [-0.1, -0.05) is 23.2 Å². The minimum atomic E-state index is -0.598. The van der Waals surface area contributed by atoms with Crippen LogP contribution in [-0.2, 0) is 19.5 Å². The first-order chi connectivity index (χ1) is 9.65. The van der Waals surface area contributed by atoms with Gasteiger partial charge in [-0.05, 0) is 25.0 Å². The molecule has 0 saturated heterocycles. The Morgan fingerprint density at radius 2 is 1.95 bits per heavy atom. The number of anilines is 1. The maximum atomic E-state index is 13.3. The van der Waals surface area contributed by atoms with Gasteiger partial charge in [0.15, 0.2) is 11.6 Å². The van der Waals surface area contributed by atoms with Crippen molar-refractivity contribution in [3.05, 3.63) is 39.6 Å². The van der Waals surface area contributed by atoms with Gasteiger partial charge in [-0.25, -0.2) is 4.39 Å². The van der Waals surface area contributed by atoms with Crippen LogP contribution < -0.4 is 5.32 Å². The third kappa shape index (κ3) is 2.60. The SMILES string of the molecule is Fc1c(Cl)cc(NCc2nnc3n2CCCC3)cc1Cl. The first-order valence-corrected chi connectivity index (χ1v) is 7.20. The van der Waals surface area contributed by atoms with Crippen molar-refractivity contribution < 1.29 is 4.39 Å². The van der Waals surface area contributed by atoms with Crippen LogP contribution in [0.5, 0.6) is 0 Å². The second kappa shape index (κ2) is 5.58. The summed E-state index contributed by atoms with van der Waals surface area (Å²) in [5.74, 6) is 1.30. The average molecular weight is 315 g/mol. The molecule has 106 valence electrons. The topological polar surface area (TPSA) is 42.7 Å². The average Bonchev–Trinajstić information content (AvgIpc) is 2.85. The summed E-state index contributed by atoms with van der Waals surface area (Å²) in [5, 5.41) is 11.5. The summed E-state index contributed by atoms with van der Waals surface area (Å²) in [6.07, 6.45) is 3.28. The summed E-state index contributed by atoms with van der Waals surface area (Å²) in [6, 6.07) is 3.02. The van der Waals surface area contributed by atoms with Gasteiger partial charge >= 0.3 is 0 Å². The summed E-state index contributed by atoms with van der Waals surface area (Å²) in [4.78, 5) is 0. The van der Waals surface area contributed by atoms with E-state index in [9.17, 15) is 4.39 Å². The van der Waals surface area contributed by atoms with E-state index in [-0.39, 0.29) is 10.0 Å². The van der Waals surface area contributed by atoms with E-state index in [1.807, 2.05) is 0 Å². The van der Waals surface area contributed by atoms with Gasteiger partial charge in [0, 0.05) is 18.7 Å². The van der Waals surface area contributed by atoms with Crippen molar-refractivity contribution in [1.29, 1.82) is 0 Å². The minimum absolute atomic E-state index is 0.00303. The summed E-state index contributed by atoms with van der Waals surface area (Å²) < 4.78 is 15.5. The number of aryl methyl sites for hydroxylation is 1. The molecule has 20 heavy (non-hydrogen) atoms. The van der Waals surface area contributed by atoms with Crippen LogP contribution in [0.4, 0.5) is 10.1 Å². The van der Waals surface area contributed by atoms with Gasteiger partial charge in [-0.15, -0.1) is 10.2 Å². The third-order valence-electron chi connectivity index (χ3n) is 3.37. The lowest BCUT2D eigenvalue weighted by Crippen LogP contribution is -2.15. The smallest absolute Gasteiger partial charge is 0.160 e. The molecular weight excluding hydrogens is 302 g/mol. The van der Waals surface area contributed by atoms with Crippen molar-refractivity contribution in [1.82, 2.24) is 14.8 Å². The zero-order chi connectivity index (χ0) is 14.1. The molecule has 7 heteroatoms. The van der Waals surface area contributed by atoms with E-state index in [1.165, 1.54) is 12.1 Å². The van der Waals surface area contributed by atoms with Crippen molar-refractivity contribution in [2.24, 2.45) is 0 Å². The molecule has 2 aromatic rings. The van der Waals surface area contributed by atoms with E-state index >= 15 is 0 Å². The molecule has 0 bridgehead atoms. The Hall–Kier alpha value is -1.33. The number of hydrogen-bond donors (Lipinski definition) is 1. The number of rotatable bonds is 3. The highest BCUT2D eigenvalue weighted by molar-refractivity contribution is 6.35. The summed E-state index contributed by atoms with van der Waals surface area (Å²) in [5.41, 5.74) is 0.662.